The predicted molar refractivity (Wildman–Crippen MR) is 86.7 cm³/mol. The van der Waals surface area contributed by atoms with Crippen LogP contribution >= 0.6 is 0 Å². The number of benzene rings is 2. The van der Waals surface area contributed by atoms with E-state index in [4.69, 9.17) is 10.5 Å². The number of aromatic nitrogens is 1. The molecule has 0 saturated heterocycles. The van der Waals surface area contributed by atoms with E-state index in [9.17, 15) is 0 Å². The minimum Gasteiger partial charge on any atom is -0.496 e. The highest BCUT2D eigenvalue weighted by Gasteiger charge is 2.07. The predicted octanol–water partition coefficient (Wildman–Crippen LogP) is 3.47. The fourth-order valence-electron chi connectivity index (χ4n) is 2.72. The molecule has 0 amide bonds. The lowest BCUT2D eigenvalue weighted by Gasteiger charge is -2.12. The van der Waals surface area contributed by atoms with Crippen molar-refractivity contribution >= 4 is 10.9 Å². The van der Waals surface area contributed by atoms with Crippen LogP contribution in [0, 0.1) is 6.92 Å². The first-order valence-electron chi connectivity index (χ1n) is 7.12. The fraction of sp³-hybridized carbons (Fsp3) is 0.222. The molecule has 0 fully saturated rings. The van der Waals surface area contributed by atoms with Gasteiger partial charge in [-0.3, -0.25) is 0 Å². The van der Waals surface area contributed by atoms with Crippen molar-refractivity contribution < 1.29 is 4.74 Å². The number of aryl methyl sites for hydroxylation is 1. The lowest BCUT2D eigenvalue weighted by atomic mass is 10.1. The highest BCUT2D eigenvalue weighted by atomic mass is 16.5. The van der Waals surface area contributed by atoms with Crippen LogP contribution in [0.2, 0.25) is 0 Å². The minimum absolute atomic E-state index is 0.544. The Balaban J connectivity index is 2.01. The summed E-state index contributed by atoms with van der Waals surface area (Å²) >= 11 is 0. The van der Waals surface area contributed by atoms with Gasteiger partial charge >= 0.3 is 0 Å². The maximum Gasteiger partial charge on any atom is 0.123 e. The van der Waals surface area contributed by atoms with Crippen LogP contribution < -0.4 is 10.5 Å². The summed E-state index contributed by atoms with van der Waals surface area (Å²) in [5.41, 5.74) is 10.5. The van der Waals surface area contributed by atoms with Gasteiger partial charge < -0.3 is 15.0 Å². The Kier molecular flexibility index (Phi) is 3.67. The van der Waals surface area contributed by atoms with Crippen molar-refractivity contribution in [3.63, 3.8) is 0 Å². The Hall–Kier alpha value is -2.26. The summed E-state index contributed by atoms with van der Waals surface area (Å²) in [5.74, 6) is 0.904. The zero-order valence-corrected chi connectivity index (χ0v) is 12.5. The monoisotopic (exact) mass is 280 g/mol. The lowest BCUT2D eigenvalue weighted by molar-refractivity contribution is 0.408. The fourth-order valence-corrected chi connectivity index (χ4v) is 2.72. The number of hydrogen-bond acceptors (Lipinski definition) is 2. The van der Waals surface area contributed by atoms with Gasteiger partial charge in [0.25, 0.3) is 0 Å². The van der Waals surface area contributed by atoms with Gasteiger partial charge in [-0.25, -0.2) is 0 Å². The molecule has 3 nitrogen and oxygen atoms in total. The van der Waals surface area contributed by atoms with Gasteiger partial charge in [-0.1, -0.05) is 17.7 Å². The summed E-state index contributed by atoms with van der Waals surface area (Å²) in [4.78, 5) is 0. The van der Waals surface area contributed by atoms with Gasteiger partial charge in [0.05, 0.1) is 13.7 Å². The van der Waals surface area contributed by atoms with Crippen LogP contribution in [0.1, 0.15) is 16.7 Å². The molecule has 3 rings (SSSR count). The van der Waals surface area contributed by atoms with E-state index in [-0.39, 0.29) is 0 Å². The van der Waals surface area contributed by atoms with Crippen LogP contribution in [0.25, 0.3) is 10.9 Å². The second-order valence-electron chi connectivity index (χ2n) is 5.36. The Bertz CT molecular complexity index is 774. The normalized spacial score (nSPS) is 11.0. The lowest BCUT2D eigenvalue weighted by Crippen LogP contribution is -2.03. The molecule has 21 heavy (non-hydrogen) atoms. The molecule has 2 N–H and O–H groups in total. The van der Waals surface area contributed by atoms with Crippen LogP contribution in [0.4, 0.5) is 0 Å². The summed E-state index contributed by atoms with van der Waals surface area (Å²) in [6.45, 7) is 3.44. The third-order valence-corrected chi connectivity index (χ3v) is 3.85. The van der Waals surface area contributed by atoms with Gasteiger partial charge in [0, 0.05) is 23.8 Å². The van der Waals surface area contributed by atoms with Crippen LogP contribution in [-0.4, -0.2) is 11.7 Å². The topological polar surface area (TPSA) is 40.2 Å². The molecule has 108 valence electrons. The van der Waals surface area contributed by atoms with E-state index in [1.54, 1.807) is 7.11 Å². The quantitative estimate of drug-likeness (QED) is 0.795. The van der Waals surface area contributed by atoms with Gasteiger partial charge in [-0.05, 0) is 48.2 Å². The molecule has 0 bridgehead atoms. The van der Waals surface area contributed by atoms with E-state index < -0.39 is 0 Å². The third-order valence-electron chi connectivity index (χ3n) is 3.85. The van der Waals surface area contributed by atoms with Crippen LogP contribution in [0.3, 0.4) is 0 Å². The van der Waals surface area contributed by atoms with E-state index in [0.717, 1.165) is 23.4 Å². The van der Waals surface area contributed by atoms with Crippen LogP contribution in [0.5, 0.6) is 5.75 Å². The molecular weight excluding hydrogens is 260 g/mol. The molecule has 3 aromatic rings. The number of ether oxygens (including phenoxy) is 1. The number of nitrogens with two attached hydrogens (primary N) is 1. The van der Waals surface area contributed by atoms with Gasteiger partial charge in [0.2, 0.25) is 0 Å². The van der Waals surface area contributed by atoms with Gasteiger partial charge in [-0.15, -0.1) is 0 Å². The van der Waals surface area contributed by atoms with Crippen molar-refractivity contribution in [2.75, 3.05) is 7.11 Å². The first-order valence-corrected chi connectivity index (χ1v) is 7.12. The van der Waals surface area contributed by atoms with Crippen molar-refractivity contribution in [3.05, 3.63) is 65.4 Å². The van der Waals surface area contributed by atoms with E-state index >= 15 is 0 Å². The van der Waals surface area contributed by atoms with E-state index in [1.165, 1.54) is 16.5 Å². The summed E-state index contributed by atoms with van der Waals surface area (Å²) in [5, 5.41) is 1.27. The molecule has 0 aliphatic carbocycles. The van der Waals surface area contributed by atoms with Crippen molar-refractivity contribution in [2.45, 2.75) is 20.0 Å². The van der Waals surface area contributed by atoms with Crippen molar-refractivity contribution in [3.8, 4) is 5.75 Å². The molecule has 2 aromatic carbocycles. The molecule has 0 saturated carbocycles. The number of nitrogens with zero attached hydrogens (tertiary/aromatic N) is 1. The molecule has 0 aliphatic heterocycles. The second-order valence-corrected chi connectivity index (χ2v) is 5.36. The molecule has 0 aliphatic rings. The molecular formula is C18H20N2O. The van der Waals surface area contributed by atoms with Gasteiger partial charge in [0.15, 0.2) is 0 Å². The highest BCUT2D eigenvalue weighted by molar-refractivity contribution is 5.81. The molecule has 0 radical (unpaired) electrons. The highest BCUT2D eigenvalue weighted by Crippen LogP contribution is 2.24. The molecule has 1 aromatic heterocycles. The Morgan fingerprint density at radius 1 is 1.10 bits per heavy atom. The van der Waals surface area contributed by atoms with Gasteiger partial charge in [0.1, 0.15) is 5.75 Å². The molecule has 0 atom stereocenters. The van der Waals surface area contributed by atoms with Crippen molar-refractivity contribution in [1.29, 1.82) is 0 Å². The van der Waals surface area contributed by atoms with E-state index in [1.807, 2.05) is 12.1 Å². The van der Waals surface area contributed by atoms with Gasteiger partial charge in [-0.2, -0.15) is 0 Å². The molecule has 3 heteroatoms. The summed E-state index contributed by atoms with van der Waals surface area (Å²) < 4.78 is 7.71. The average Bonchev–Trinajstić information content (AvgIpc) is 2.89. The minimum atomic E-state index is 0.544. The zero-order chi connectivity index (χ0) is 14.8. The number of methoxy groups -OCH3 is 1. The molecule has 0 unspecified atom stereocenters. The number of fused-ring (bicyclic) bond motifs is 1. The van der Waals surface area contributed by atoms with Crippen LogP contribution in [0.15, 0.2) is 48.7 Å². The maximum atomic E-state index is 5.74. The summed E-state index contributed by atoms with van der Waals surface area (Å²) in [6, 6.07) is 14.8. The number of hydrogen-bond donors (Lipinski definition) is 1. The molecule has 0 spiro atoms. The zero-order valence-electron chi connectivity index (χ0n) is 12.5. The van der Waals surface area contributed by atoms with E-state index in [2.05, 4.69) is 48.0 Å². The summed E-state index contributed by atoms with van der Waals surface area (Å²) in [6.07, 6.45) is 2.12. The van der Waals surface area contributed by atoms with Crippen molar-refractivity contribution in [1.82, 2.24) is 4.57 Å². The Morgan fingerprint density at radius 2 is 1.95 bits per heavy atom. The van der Waals surface area contributed by atoms with Crippen molar-refractivity contribution in [2.24, 2.45) is 5.73 Å². The molecule has 1 heterocycles. The Morgan fingerprint density at radius 3 is 2.71 bits per heavy atom. The van der Waals surface area contributed by atoms with Crippen LogP contribution in [-0.2, 0) is 13.1 Å². The summed E-state index contributed by atoms with van der Waals surface area (Å²) in [7, 11) is 1.71. The first kappa shape index (κ1) is 13.7. The first-order chi connectivity index (χ1) is 10.2. The Labute approximate surface area is 125 Å². The number of rotatable bonds is 4. The largest absolute Gasteiger partial charge is 0.496 e. The standard InChI is InChI=1S/C18H20N2O/c1-13-3-5-17-15(9-13)7-8-20(17)12-16-10-14(11-19)4-6-18(16)21-2/h3-10H,11-12,19H2,1-2H3. The smallest absolute Gasteiger partial charge is 0.123 e. The third kappa shape index (κ3) is 2.65. The maximum absolute atomic E-state index is 5.74. The second kappa shape index (κ2) is 5.62. The SMILES string of the molecule is COc1ccc(CN)cc1Cn1ccc2cc(C)ccc21. The van der Waals surface area contributed by atoms with E-state index in [0.29, 0.717) is 6.54 Å². The average molecular weight is 280 g/mol.